The van der Waals surface area contributed by atoms with Gasteiger partial charge in [0.2, 0.25) is 0 Å². The molecule has 0 bridgehead atoms. The highest BCUT2D eigenvalue weighted by Crippen LogP contribution is 2.15. The van der Waals surface area contributed by atoms with E-state index in [1.807, 2.05) is 18.7 Å². The Kier molecular flexibility index (Phi) is 3.36. The summed E-state index contributed by atoms with van der Waals surface area (Å²) in [7, 11) is 1.31. The zero-order valence-corrected chi connectivity index (χ0v) is 10.8. The average Bonchev–Trinajstić information content (AvgIpc) is 2.46. The van der Waals surface area contributed by atoms with Crippen molar-refractivity contribution in [3.63, 3.8) is 0 Å². The Bertz CT molecular complexity index is 388. The molecule has 2 saturated heterocycles. The molecule has 0 N–H and O–H groups in total. The minimum Gasteiger partial charge on any atom is -0.373 e. The topological polar surface area (TPSA) is 70.2 Å². The van der Waals surface area contributed by atoms with E-state index in [2.05, 4.69) is 0 Å². The van der Waals surface area contributed by atoms with Gasteiger partial charge in [0.1, 0.15) is 0 Å². The maximum atomic E-state index is 11.7. The Labute approximate surface area is 105 Å². The van der Waals surface area contributed by atoms with Gasteiger partial charge >= 0.3 is 17.8 Å². The van der Waals surface area contributed by atoms with E-state index in [1.54, 1.807) is 0 Å². The number of hydrogen-bond donors (Lipinski definition) is 0. The zero-order valence-electron chi connectivity index (χ0n) is 10.8. The number of likely N-dealkylation sites (N-methyl/N-ethyl adjacent to an activating group) is 1. The van der Waals surface area contributed by atoms with Gasteiger partial charge in [-0.15, -0.1) is 0 Å². The first kappa shape index (κ1) is 13.0. The lowest BCUT2D eigenvalue weighted by Crippen LogP contribution is -2.51. The quantitative estimate of drug-likeness (QED) is 0.490. The first-order valence-corrected chi connectivity index (χ1v) is 5.91. The van der Waals surface area contributed by atoms with Gasteiger partial charge in [0.15, 0.2) is 0 Å². The lowest BCUT2D eigenvalue weighted by molar-refractivity contribution is -0.144. The summed E-state index contributed by atoms with van der Waals surface area (Å²) in [5.41, 5.74) is 0. The number of amides is 4. The number of nitrogens with zero attached hydrogens (tertiary/aromatic N) is 3. The van der Waals surface area contributed by atoms with E-state index >= 15 is 0 Å². The fourth-order valence-electron chi connectivity index (χ4n) is 2.34. The third-order valence-electron chi connectivity index (χ3n) is 3.09. The van der Waals surface area contributed by atoms with Crippen LogP contribution in [0, 0.1) is 0 Å². The van der Waals surface area contributed by atoms with Crippen LogP contribution in [0.3, 0.4) is 0 Å². The predicted molar refractivity (Wildman–Crippen MR) is 61.5 cm³/mol. The average molecular weight is 255 g/mol. The van der Waals surface area contributed by atoms with E-state index in [4.69, 9.17) is 4.74 Å². The Morgan fingerprint density at radius 2 is 1.67 bits per heavy atom. The van der Waals surface area contributed by atoms with Gasteiger partial charge in [-0.3, -0.25) is 19.4 Å². The molecule has 2 aliphatic rings. The highest BCUT2D eigenvalue weighted by atomic mass is 16.5. The fourth-order valence-corrected chi connectivity index (χ4v) is 2.34. The molecule has 18 heavy (non-hydrogen) atoms. The van der Waals surface area contributed by atoms with Crippen LogP contribution < -0.4 is 0 Å². The molecule has 2 heterocycles. The van der Waals surface area contributed by atoms with Crippen LogP contribution in [0.2, 0.25) is 0 Å². The number of ether oxygens (including phenoxy) is 1. The highest BCUT2D eigenvalue weighted by molar-refractivity contribution is 6.44. The van der Waals surface area contributed by atoms with Gasteiger partial charge in [0.25, 0.3) is 0 Å². The molecule has 2 fully saturated rings. The van der Waals surface area contributed by atoms with Crippen LogP contribution in [-0.4, -0.2) is 71.6 Å². The van der Waals surface area contributed by atoms with Crippen molar-refractivity contribution >= 4 is 17.8 Å². The number of rotatable bonds is 2. The van der Waals surface area contributed by atoms with E-state index in [9.17, 15) is 14.4 Å². The molecule has 0 saturated carbocycles. The Hall–Kier alpha value is -1.47. The number of urea groups is 1. The lowest BCUT2D eigenvalue weighted by atomic mass is 10.2. The normalized spacial score (nSPS) is 30.5. The van der Waals surface area contributed by atoms with Crippen molar-refractivity contribution in [1.29, 1.82) is 0 Å². The standard InChI is InChI=1S/C11H17N3O4/c1-7-4-13(5-8(2)18-7)6-14-10(16)9(15)12(3)11(14)17/h7-8H,4-6H2,1-3H3/t7-,8-/m1/s1. The Morgan fingerprint density at radius 1 is 1.11 bits per heavy atom. The lowest BCUT2D eigenvalue weighted by Gasteiger charge is -2.36. The Morgan fingerprint density at radius 3 is 2.11 bits per heavy atom. The van der Waals surface area contributed by atoms with Crippen molar-refractivity contribution < 1.29 is 19.1 Å². The van der Waals surface area contributed by atoms with Gasteiger partial charge < -0.3 is 4.74 Å². The minimum atomic E-state index is -0.769. The second-order valence-corrected chi connectivity index (χ2v) is 4.81. The summed E-state index contributed by atoms with van der Waals surface area (Å²) in [4.78, 5) is 38.5. The fraction of sp³-hybridized carbons (Fsp3) is 0.727. The highest BCUT2D eigenvalue weighted by Gasteiger charge is 2.43. The molecular formula is C11H17N3O4. The number of morpholine rings is 1. The van der Waals surface area contributed by atoms with Crippen molar-refractivity contribution in [3.05, 3.63) is 0 Å². The summed E-state index contributed by atoms with van der Waals surface area (Å²) >= 11 is 0. The van der Waals surface area contributed by atoms with Crippen molar-refractivity contribution in [1.82, 2.24) is 14.7 Å². The molecule has 100 valence electrons. The van der Waals surface area contributed by atoms with Gasteiger partial charge in [-0.25, -0.2) is 9.69 Å². The van der Waals surface area contributed by atoms with E-state index in [0.717, 1.165) is 9.80 Å². The molecule has 4 amide bonds. The predicted octanol–water partition coefficient (Wildman–Crippen LogP) is -0.526. The third kappa shape index (κ3) is 2.23. The van der Waals surface area contributed by atoms with Crippen molar-refractivity contribution in [3.8, 4) is 0 Å². The maximum absolute atomic E-state index is 11.7. The largest absolute Gasteiger partial charge is 0.373 e. The van der Waals surface area contributed by atoms with Crippen LogP contribution in [0.5, 0.6) is 0 Å². The number of carbonyl (C=O) groups is 3. The molecule has 2 atom stereocenters. The summed E-state index contributed by atoms with van der Waals surface area (Å²) in [5, 5.41) is 0. The number of carbonyl (C=O) groups excluding carboxylic acids is 3. The second-order valence-electron chi connectivity index (χ2n) is 4.81. The first-order valence-electron chi connectivity index (χ1n) is 5.91. The van der Waals surface area contributed by atoms with Gasteiger partial charge in [-0.2, -0.15) is 0 Å². The number of hydrogen-bond acceptors (Lipinski definition) is 5. The summed E-state index contributed by atoms with van der Waals surface area (Å²) < 4.78 is 5.57. The van der Waals surface area contributed by atoms with Crippen molar-refractivity contribution in [2.24, 2.45) is 0 Å². The smallest absolute Gasteiger partial charge is 0.335 e. The molecule has 2 rings (SSSR count). The molecule has 0 aromatic rings. The van der Waals surface area contributed by atoms with Gasteiger partial charge in [-0.05, 0) is 13.8 Å². The van der Waals surface area contributed by atoms with Gasteiger partial charge in [0.05, 0.1) is 18.9 Å². The SMILES string of the molecule is C[C@@H]1CN(CN2C(=O)C(=O)N(C)C2=O)C[C@@H](C)O1. The monoisotopic (exact) mass is 255 g/mol. The van der Waals surface area contributed by atoms with Crippen molar-refractivity contribution in [2.75, 3.05) is 26.8 Å². The minimum absolute atomic E-state index is 0.0509. The van der Waals surface area contributed by atoms with E-state index in [-0.39, 0.29) is 18.9 Å². The van der Waals surface area contributed by atoms with Crippen LogP contribution in [0.4, 0.5) is 4.79 Å². The molecule has 7 heteroatoms. The van der Waals surface area contributed by atoms with Crippen LogP contribution in [-0.2, 0) is 14.3 Å². The summed E-state index contributed by atoms with van der Waals surface area (Å²) in [6.07, 6.45) is 0.102. The molecule has 2 aliphatic heterocycles. The molecule has 7 nitrogen and oxygen atoms in total. The van der Waals surface area contributed by atoms with E-state index in [1.165, 1.54) is 7.05 Å². The third-order valence-corrected chi connectivity index (χ3v) is 3.09. The molecular weight excluding hydrogens is 238 g/mol. The molecule has 0 aromatic heterocycles. The van der Waals surface area contributed by atoms with E-state index in [0.29, 0.717) is 13.1 Å². The molecule has 0 spiro atoms. The van der Waals surface area contributed by atoms with Gasteiger partial charge in [-0.1, -0.05) is 0 Å². The molecule has 0 unspecified atom stereocenters. The number of imide groups is 2. The molecule has 0 aliphatic carbocycles. The van der Waals surface area contributed by atoms with Crippen LogP contribution >= 0.6 is 0 Å². The summed E-state index contributed by atoms with van der Waals surface area (Å²) in [5.74, 6) is -1.52. The van der Waals surface area contributed by atoms with Crippen LogP contribution in [0.1, 0.15) is 13.8 Å². The van der Waals surface area contributed by atoms with Gasteiger partial charge in [0, 0.05) is 20.1 Å². The Balaban J connectivity index is 2.03. The molecule has 0 radical (unpaired) electrons. The molecule has 0 aromatic carbocycles. The first-order chi connectivity index (χ1) is 8.40. The second kappa shape index (κ2) is 4.66. The van der Waals surface area contributed by atoms with Crippen LogP contribution in [0.15, 0.2) is 0 Å². The maximum Gasteiger partial charge on any atom is 0.335 e. The van der Waals surface area contributed by atoms with Crippen LogP contribution in [0.25, 0.3) is 0 Å². The summed E-state index contributed by atoms with van der Waals surface area (Å²) in [6, 6.07) is -0.559. The zero-order chi connectivity index (χ0) is 13.4. The van der Waals surface area contributed by atoms with E-state index < -0.39 is 17.8 Å². The van der Waals surface area contributed by atoms with Crippen molar-refractivity contribution in [2.45, 2.75) is 26.1 Å². The summed E-state index contributed by atoms with van der Waals surface area (Å²) in [6.45, 7) is 5.30.